The minimum absolute atomic E-state index is 0.295. The second kappa shape index (κ2) is 8.08. The van der Waals surface area contributed by atoms with Crippen LogP contribution in [0.4, 0.5) is 0 Å². The van der Waals surface area contributed by atoms with E-state index in [1.165, 1.54) is 0 Å². The van der Waals surface area contributed by atoms with Crippen LogP contribution in [0, 0.1) is 3.57 Å². The Morgan fingerprint density at radius 2 is 1.91 bits per heavy atom. The Bertz CT molecular complexity index is 738. The van der Waals surface area contributed by atoms with Gasteiger partial charge in [-0.25, -0.2) is 0 Å². The highest BCUT2D eigenvalue weighted by Crippen LogP contribution is 2.35. The zero-order valence-electron chi connectivity index (χ0n) is 12.2. The Morgan fingerprint density at radius 1 is 1.17 bits per heavy atom. The largest absolute Gasteiger partial charge is 0.490 e. The van der Waals surface area contributed by atoms with Crippen LogP contribution in [0.25, 0.3) is 0 Å². The number of halogens is 3. The predicted molar refractivity (Wildman–Crippen MR) is 99.6 cm³/mol. The lowest BCUT2D eigenvalue weighted by Gasteiger charge is -2.15. The van der Waals surface area contributed by atoms with Crippen LogP contribution >= 0.6 is 45.8 Å². The van der Waals surface area contributed by atoms with Gasteiger partial charge in [-0.2, -0.15) is 0 Å². The van der Waals surface area contributed by atoms with Crippen LogP contribution in [0.3, 0.4) is 0 Å². The van der Waals surface area contributed by atoms with E-state index in [0.717, 1.165) is 9.13 Å². The van der Waals surface area contributed by atoms with Gasteiger partial charge in [-0.05, 0) is 59.3 Å². The molecule has 0 heterocycles. The lowest BCUT2D eigenvalue weighted by Crippen LogP contribution is -2.12. The number of hydrogen-bond donors (Lipinski definition) is 1. The lowest BCUT2D eigenvalue weighted by atomic mass is 10.2. The third-order valence-corrected chi connectivity index (χ3v) is 4.50. The summed E-state index contributed by atoms with van der Waals surface area (Å²) in [6, 6.07) is 8.54. The van der Waals surface area contributed by atoms with Gasteiger partial charge in [0.15, 0.2) is 11.5 Å². The monoisotopic (exact) mass is 465 g/mol. The number of benzene rings is 2. The number of carbonyl (C=O) groups is 1. The topological polar surface area (TPSA) is 61.5 Å². The van der Waals surface area contributed by atoms with E-state index in [1.54, 1.807) is 24.3 Å². The predicted octanol–water partition coefficient (Wildman–Crippen LogP) is 4.67. The number of hydrogen-bond acceptors (Lipinski definition) is 3. The van der Waals surface area contributed by atoms with Gasteiger partial charge in [0.05, 0.1) is 20.2 Å². The van der Waals surface area contributed by atoms with Crippen LogP contribution < -0.4 is 15.2 Å². The summed E-state index contributed by atoms with van der Waals surface area (Å²) < 4.78 is 12.1. The average molecular weight is 466 g/mol. The molecule has 2 aromatic rings. The van der Waals surface area contributed by atoms with E-state index in [9.17, 15) is 4.79 Å². The zero-order valence-corrected chi connectivity index (χ0v) is 15.9. The second-order valence-electron chi connectivity index (χ2n) is 4.62. The van der Waals surface area contributed by atoms with Crippen molar-refractivity contribution >= 4 is 51.7 Å². The van der Waals surface area contributed by atoms with Crippen molar-refractivity contribution in [3.05, 3.63) is 55.1 Å². The molecule has 0 aliphatic carbocycles. The number of rotatable bonds is 6. The minimum Gasteiger partial charge on any atom is -0.490 e. The third kappa shape index (κ3) is 4.65. The summed E-state index contributed by atoms with van der Waals surface area (Å²) in [6.45, 7) is 2.59. The molecule has 0 aromatic heterocycles. The molecule has 1 amide bonds. The molecule has 23 heavy (non-hydrogen) atoms. The smallest absolute Gasteiger partial charge is 0.248 e. The van der Waals surface area contributed by atoms with E-state index in [1.807, 2.05) is 13.0 Å². The highest BCUT2D eigenvalue weighted by atomic mass is 127. The molecule has 0 atom stereocenters. The maximum atomic E-state index is 11.4. The van der Waals surface area contributed by atoms with Gasteiger partial charge in [-0.15, -0.1) is 0 Å². The normalized spacial score (nSPS) is 10.4. The van der Waals surface area contributed by atoms with Crippen molar-refractivity contribution < 1.29 is 14.3 Å². The average Bonchev–Trinajstić information content (AvgIpc) is 2.49. The molecule has 0 saturated carbocycles. The Labute approximate surface area is 158 Å². The van der Waals surface area contributed by atoms with E-state index in [4.69, 9.17) is 38.4 Å². The molecule has 2 rings (SSSR count). The van der Waals surface area contributed by atoms with Gasteiger partial charge < -0.3 is 15.2 Å². The maximum absolute atomic E-state index is 11.4. The molecule has 0 bridgehead atoms. The van der Waals surface area contributed by atoms with Gasteiger partial charge in [0.2, 0.25) is 5.91 Å². The molecule has 0 aliphatic heterocycles. The summed E-state index contributed by atoms with van der Waals surface area (Å²) in [6.07, 6.45) is 0. The van der Waals surface area contributed by atoms with Crippen molar-refractivity contribution in [2.45, 2.75) is 13.5 Å². The summed E-state index contributed by atoms with van der Waals surface area (Å²) in [4.78, 5) is 11.4. The van der Waals surface area contributed by atoms with Crippen LogP contribution in [-0.2, 0) is 6.61 Å². The highest BCUT2D eigenvalue weighted by molar-refractivity contribution is 14.1. The summed E-state index contributed by atoms with van der Waals surface area (Å²) in [7, 11) is 0. The number of amides is 1. The first-order chi connectivity index (χ1) is 10.9. The fourth-order valence-electron chi connectivity index (χ4n) is 1.90. The van der Waals surface area contributed by atoms with Crippen LogP contribution in [0.5, 0.6) is 11.5 Å². The molecule has 4 nitrogen and oxygen atoms in total. The molecule has 122 valence electrons. The van der Waals surface area contributed by atoms with E-state index >= 15 is 0 Å². The van der Waals surface area contributed by atoms with Gasteiger partial charge in [-0.1, -0.05) is 29.3 Å². The van der Waals surface area contributed by atoms with Crippen molar-refractivity contribution in [2.75, 3.05) is 6.61 Å². The van der Waals surface area contributed by atoms with Crippen LogP contribution in [-0.4, -0.2) is 12.5 Å². The minimum atomic E-state index is -0.514. The Balaban J connectivity index is 2.27. The molecule has 2 aromatic carbocycles. The van der Waals surface area contributed by atoms with Crippen molar-refractivity contribution in [3.63, 3.8) is 0 Å². The first kappa shape index (κ1) is 18.2. The van der Waals surface area contributed by atoms with Gasteiger partial charge >= 0.3 is 0 Å². The van der Waals surface area contributed by atoms with E-state index in [0.29, 0.717) is 40.3 Å². The number of carbonyl (C=O) groups excluding carboxylic acids is 1. The summed E-state index contributed by atoms with van der Waals surface area (Å²) >= 11 is 14.0. The molecule has 0 radical (unpaired) electrons. The standard InChI is InChI=1S/C16H14Cl2INO3/c1-2-22-14-7-10(16(20)21)6-13(19)15(14)23-8-9-3-4-11(17)12(18)5-9/h3-7H,2,8H2,1H3,(H2,20,21). The molecule has 0 saturated heterocycles. The molecule has 2 N–H and O–H groups in total. The number of primary amides is 1. The fraction of sp³-hybridized carbons (Fsp3) is 0.188. The van der Waals surface area contributed by atoms with Crippen LogP contribution in [0.1, 0.15) is 22.8 Å². The zero-order chi connectivity index (χ0) is 17.0. The number of ether oxygens (including phenoxy) is 2. The Hall–Kier alpha value is -1.18. The lowest BCUT2D eigenvalue weighted by molar-refractivity contribution is 0.0999. The summed E-state index contributed by atoms with van der Waals surface area (Å²) in [5.41, 5.74) is 6.57. The molecule has 7 heteroatoms. The SMILES string of the molecule is CCOc1cc(C(N)=O)cc(I)c1OCc1ccc(Cl)c(Cl)c1. The molecule has 0 unspecified atom stereocenters. The van der Waals surface area contributed by atoms with Gasteiger partial charge in [0.1, 0.15) is 6.61 Å². The quantitative estimate of drug-likeness (QED) is 0.630. The van der Waals surface area contributed by atoms with E-state index in [-0.39, 0.29) is 0 Å². The molecule has 0 fully saturated rings. The first-order valence-electron chi connectivity index (χ1n) is 6.75. The van der Waals surface area contributed by atoms with Crippen LogP contribution in [0.2, 0.25) is 10.0 Å². The maximum Gasteiger partial charge on any atom is 0.248 e. The van der Waals surface area contributed by atoms with Crippen molar-refractivity contribution in [2.24, 2.45) is 5.73 Å². The molecular formula is C16H14Cl2INO3. The Kier molecular flexibility index (Phi) is 6.38. The summed E-state index contributed by atoms with van der Waals surface area (Å²) in [5.74, 6) is 0.525. The molecule has 0 spiro atoms. The van der Waals surface area contributed by atoms with Crippen molar-refractivity contribution in [3.8, 4) is 11.5 Å². The summed E-state index contributed by atoms with van der Waals surface area (Å²) in [5, 5.41) is 0.961. The highest BCUT2D eigenvalue weighted by Gasteiger charge is 2.15. The number of nitrogens with two attached hydrogens (primary N) is 1. The fourth-order valence-corrected chi connectivity index (χ4v) is 2.98. The van der Waals surface area contributed by atoms with E-state index < -0.39 is 5.91 Å². The molecular weight excluding hydrogens is 452 g/mol. The van der Waals surface area contributed by atoms with Crippen molar-refractivity contribution in [1.82, 2.24) is 0 Å². The van der Waals surface area contributed by atoms with Crippen LogP contribution in [0.15, 0.2) is 30.3 Å². The third-order valence-electron chi connectivity index (χ3n) is 2.96. The van der Waals surface area contributed by atoms with Gasteiger partial charge in [0, 0.05) is 5.56 Å². The van der Waals surface area contributed by atoms with Gasteiger partial charge in [-0.3, -0.25) is 4.79 Å². The van der Waals surface area contributed by atoms with Crippen molar-refractivity contribution in [1.29, 1.82) is 0 Å². The molecule has 0 aliphatic rings. The second-order valence-corrected chi connectivity index (χ2v) is 6.60. The Morgan fingerprint density at radius 3 is 2.52 bits per heavy atom. The van der Waals surface area contributed by atoms with E-state index in [2.05, 4.69) is 22.6 Å². The first-order valence-corrected chi connectivity index (χ1v) is 8.58. The van der Waals surface area contributed by atoms with Gasteiger partial charge in [0.25, 0.3) is 0 Å².